The second-order valence-electron chi connectivity index (χ2n) is 3.70. The van der Waals surface area contributed by atoms with Crippen LogP contribution in [0.25, 0.3) is 0 Å². The third kappa shape index (κ3) is 1.72. The van der Waals surface area contributed by atoms with Crippen molar-refractivity contribution in [2.45, 2.75) is 38.3 Å². The minimum atomic E-state index is -0.106. The summed E-state index contributed by atoms with van der Waals surface area (Å²) >= 11 is 0. The van der Waals surface area contributed by atoms with Crippen LogP contribution in [-0.4, -0.2) is 30.3 Å². The van der Waals surface area contributed by atoms with Gasteiger partial charge in [-0.3, -0.25) is 5.84 Å². The topological polar surface area (TPSA) is 38.5 Å². The molecule has 3 heteroatoms. The maximum Gasteiger partial charge on any atom is 0.0791 e. The zero-order valence-electron chi connectivity index (χ0n) is 7.63. The minimum absolute atomic E-state index is 0.106. The summed E-state index contributed by atoms with van der Waals surface area (Å²) in [4.78, 5) is 0. The first kappa shape index (κ1) is 8.97. The molecule has 0 spiro atoms. The number of nitrogens with zero attached hydrogens (tertiary/aromatic N) is 1. The van der Waals surface area contributed by atoms with E-state index >= 15 is 0 Å². The number of methoxy groups -OCH3 is 1. The van der Waals surface area contributed by atoms with Gasteiger partial charge in [0.2, 0.25) is 0 Å². The van der Waals surface area contributed by atoms with Crippen LogP contribution in [0, 0.1) is 0 Å². The van der Waals surface area contributed by atoms with Gasteiger partial charge in [-0.2, -0.15) is 0 Å². The molecule has 1 fully saturated rings. The van der Waals surface area contributed by atoms with Crippen molar-refractivity contribution in [3.8, 4) is 0 Å². The molecule has 1 unspecified atom stereocenters. The van der Waals surface area contributed by atoms with E-state index in [0.717, 1.165) is 13.0 Å². The first-order valence-corrected chi connectivity index (χ1v) is 4.14. The van der Waals surface area contributed by atoms with Crippen LogP contribution in [0.5, 0.6) is 0 Å². The summed E-state index contributed by atoms with van der Waals surface area (Å²) in [6.07, 6.45) is 2.34. The van der Waals surface area contributed by atoms with Crippen molar-refractivity contribution in [3.63, 3.8) is 0 Å². The van der Waals surface area contributed by atoms with E-state index in [1.807, 2.05) is 5.01 Å². The van der Waals surface area contributed by atoms with Crippen molar-refractivity contribution in [2.75, 3.05) is 13.7 Å². The van der Waals surface area contributed by atoms with Gasteiger partial charge in [-0.05, 0) is 26.7 Å². The zero-order chi connectivity index (χ0) is 8.48. The molecule has 11 heavy (non-hydrogen) atoms. The van der Waals surface area contributed by atoms with E-state index in [1.165, 1.54) is 6.42 Å². The molecule has 0 aliphatic carbocycles. The highest BCUT2D eigenvalue weighted by Crippen LogP contribution is 2.26. The molecule has 1 aliphatic rings. The zero-order valence-corrected chi connectivity index (χ0v) is 7.63. The molecule has 1 heterocycles. The van der Waals surface area contributed by atoms with Gasteiger partial charge in [0, 0.05) is 13.7 Å². The number of hydrazine groups is 1. The summed E-state index contributed by atoms with van der Waals surface area (Å²) in [5.74, 6) is 5.79. The third-order valence-electron chi connectivity index (χ3n) is 2.62. The first-order valence-electron chi connectivity index (χ1n) is 4.14. The molecule has 0 saturated carbocycles. The van der Waals surface area contributed by atoms with Crippen LogP contribution in [0.3, 0.4) is 0 Å². The first-order chi connectivity index (χ1) is 5.08. The van der Waals surface area contributed by atoms with Crippen LogP contribution in [-0.2, 0) is 4.74 Å². The highest BCUT2D eigenvalue weighted by molar-refractivity contribution is 4.89. The van der Waals surface area contributed by atoms with Gasteiger partial charge in [-0.25, -0.2) is 5.01 Å². The average molecular weight is 158 g/mol. The molecule has 0 amide bonds. The second-order valence-corrected chi connectivity index (χ2v) is 3.70. The van der Waals surface area contributed by atoms with E-state index in [1.54, 1.807) is 7.11 Å². The Labute approximate surface area is 68.5 Å². The van der Waals surface area contributed by atoms with Crippen molar-refractivity contribution >= 4 is 0 Å². The van der Waals surface area contributed by atoms with Gasteiger partial charge in [-0.1, -0.05) is 0 Å². The Morgan fingerprint density at radius 2 is 2.18 bits per heavy atom. The average Bonchev–Trinajstić information content (AvgIpc) is 2.36. The van der Waals surface area contributed by atoms with Crippen LogP contribution < -0.4 is 5.84 Å². The molecule has 1 atom stereocenters. The molecule has 0 bridgehead atoms. The Morgan fingerprint density at radius 1 is 1.55 bits per heavy atom. The summed E-state index contributed by atoms with van der Waals surface area (Å²) in [5.41, 5.74) is -0.106. The van der Waals surface area contributed by atoms with E-state index < -0.39 is 0 Å². The summed E-state index contributed by atoms with van der Waals surface area (Å²) in [6, 6.07) is 0.382. The molecule has 0 aromatic carbocycles. The van der Waals surface area contributed by atoms with E-state index in [-0.39, 0.29) is 5.60 Å². The smallest absolute Gasteiger partial charge is 0.0791 e. The largest absolute Gasteiger partial charge is 0.377 e. The van der Waals surface area contributed by atoms with Gasteiger partial charge in [-0.15, -0.1) is 0 Å². The van der Waals surface area contributed by atoms with Gasteiger partial charge in [0.05, 0.1) is 11.6 Å². The molecule has 1 aliphatic heterocycles. The van der Waals surface area contributed by atoms with Crippen LogP contribution in [0.1, 0.15) is 26.7 Å². The molecule has 0 aromatic heterocycles. The molecule has 1 saturated heterocycles. The van der Waals surface area contributed by atoms with Gasteiger partial charge in [0.25, 0.3) is 0 Å². The van der Waals surface area contributed by atoms with E-state index in [2.05, 4.69) is 13.8 Å². The molecule has 66 valence electrons. The standard InChI is InChI=1S/C8H18N2O/c1-8(2,11-3)7-5-4-6-10(7)9/h7H,4-6,9H2,1-3H3. The molecule has 2 N–H and O–H groups in total. The van der Waals surface area contributed by atoms with Crippen LogP contribution >= 0.6 is 0 Å². The monoisotopic (exact) mass is 158 g/mol. The van der Waals surface area contributed by atoms with E-state index in [0.29, 0.717) is 6.04 Å². The van der Waals surface area contributed by atoms with E-state index in [4.69, 9.17) is 10.6 Å². The Balaban J connectivity index is 2.58. The number of ether oxygens (including phenoxy) is 1. The maximum atomic E-state index is 5.79. The Morgan fingerprint density at radius 3 is 2.55 bits per heavy atom. The second kappa shape index (κ2) is 3.09. The highest BCUT2D eigenvalue weighted by Gasteiger charge is 2.35. The van der Waals surface area contributed by atoms with Crippen molar-refractivity contribution < 1.29 is 4.74 Å². The fourth-order valence-corrected chi connectivity index (χ4v) is 1.67. The normalized spacial score (nSPS) is 27.8. The Hall–Kier alpha value is -0.120. The molecule has 0 aromatic rings. The van der Waals surface area contributed by atoms with E-state index in [9.17, 15) is 0 Å². The lowest BCUT2D eigenvalue weighted by molar-refractivity contribution is -0.0403. The maximum absolute atomic E-state index is 5.79. The van der Waals surface area contributed by atoms with Gasteiger partial charge in [0.1, 0.15) is 0 Å². The fraction of sp³-hybridized carbons (Fsp3) is 1.00. The molecular formula is C8H18N2O. The predicted molar refractivity (Wildman–Crippen MR) is 45.0 cm³/mol. The summed E-state index contributed by atoms with van der Waals surface area (Å²) < 4.78 is 5.37. The minimum Gasteiger partial charge on any atom is -0.377 e. The Bertz CT molecular complexity index is 136. The Kier molecular flexibility index (Phi) is 2.52. The SMILES string of the molecule is COC(C)(C)C1CCCN1N. The van der Waals surface area contributed by atoms with Crippen molar-refractivity contribution in [1.29, 1.82) is 0 Å². The van der Waals surface area contributed by atoms with Gasteiger partial charge < -0.3 is 4.74 Å². The summed E-state index contributed by atoms with van der Waals surface area (Å²) in [6.45, 7) is 5.17. The van der Waals surface area contributed by atoms with Crippen molar-refractivity contribution in [1.82, 2.24) is 5.01 Å². The number of hydrogen-bond acceptors (Lipinski definition) is 3. The molecule has 0 radical (unpaired) electrons. The number of nitrogens with two attached hydrogens (primary N) is 1. The lowest BCUT2D eigenvalue weighted by Gasteiger charge is -2.34. The highest BCUT2D eigenvalue weighted by atomic mass is 16.5. The molecule has 3 nitrogen and oxygen atoms in total. The van der Waals surface area contributed by atoms with Crippen molar-refractivity contribution in [3.05, 3.63) is 0 Å². The molecule has 1 rings (SSSR count). The number of hydrogen-bond donors (Lipinski definition) is 1. The summed E-state index contributed by atoms with van der Waals surface area (Å²) in [7, 11) is 1.74. The lowest BCUT2D eigenvalue weighted by Crippen LogP contribution is -2.49. The van der Waals surface area contributed by atoms with Crippen LogP contribution in [0.2, 0.25) is 0 Å². The lowest BCUT2D eigenvalue weighted by atomic mass is 9.97. The van der Waals surface area contributed by atoms with Crippen LogP contribution in [0.15, 0.2) is 0 Å². The quantitative estimate of drug-likeness (QED) is 0.603. The molecular weight excluding hydrogens is 140 g/mol. The summed E-state index contributed by atoms with van der Waals surface area (Å²) in [5, 5.41) is 1.89. The van der Waals surface area contributed by atoms with Gasteiger partial charge in [0.15, 0.2) is 0 Å². The van der Waals surface area contributed by atoms with Gasteiger partial charge >= 0.3 is 0 Å². The van der Waals surface area contributed by atoms with Crippen LogP contribution in [0.4, 0.5) is 0 Å². The third-order valence-corrected chi connectivity index (χ3v) is 2.62. The predicted octanol–water partition coefficient (Wildman–Crippen LogP) is 0.750. The fourth-order valence-electron chi connectivity index (χ4n) is 1.67. The van der Waals surface area contributed by atoms with Crippen molar-refractivity contribution in [2.24, 2.45) is 5.84 Å². The number of rotatable bonds is 2.